The number of hydrogen-bond donors (Lipinski definition) is 0. The fourth-order valence-electron chi connectivity index (χ4n) is 2.69. The van der Waals surface area contributed by atoms with Gasteiger partial charge in [0.1, 0.15) is 5.78 Å². The summed E-state index contributed by atoms with van der Waals surface area (Å²) in [6.45, 7) is 7.95. The summed E-state index contributed by atoms with van der Waals surface area (Å²) in [4.78, 5) is 10.8. The first-order chi connectivity index (χ1) is 10.2. The topological polar surface area (TPSA) is 17.1 Å². The Morgan fingerprint density at radius 2 is 1.00 bits per heavy atom. The first-order valence-corrected chi connectivity index (χ1v) is 9.33. The third kappa shape index (κ3) is 17.4. The van der Waals surface area contributed by atoms with Crippen molar-refractivity contribution < 1.29 is 4.79 Å². The highest BCUT2D eigenvalue weighted by molar-refractivity contribution is 5.75. The fourth-order valence-corrected chi connectivity index (χ4v) is 2.69. The molecule has 0 rings (SSSR count). The van der Waals surface area contributed by atoms with Crippen LogP contribution in [0.1, 0.15) is 110 Å². The highest BCUT2D eigenvalue weighted by Gasteiger charge is 1.96. The molecule has 1 heteroatoms. The van der Waals surface area contributed by atoms with Gasteiger partial charge in [-0.05, 0) is 32.6 Å². The third-order valence-corrected chi connectivity index (χ3v) is 4.31. The molecule has 0 aromatic heterocycles. The Bertz CT molecular complexity index is 255. The molecule has 0 N–H and O–H groups in total. The van der Waals surface area contributed by atoms with Gasteiger partial charge in [-0.1, -0.05) is 83.3 Å². The Labute approximate surface area is 133 Å². The summed E-state index contributed by atoms with van der Waals surface area (Å²) in [5.41, 5.74) is 1.42. The van der Waals surface area contributed by atoms with Crippen LogP contribution in [0.3, 0.4) is 0 Å². The number of Topliss-reactive ketones (excluding diaryl/α,β-unsaturated/α-hetero) is 1. The SMILES string of the molecule is C=C(CC)CCCCCCCCCCCCCCC(C)=O. The molecular weight excluding hydrogens is 256 g/mol. The van der Waals surface area contributed by atoms with Crippen molar-refractivity contribution in [2.45, 2.75) is 110 Å². The number of carbonyl (C=O) groups is 1. The summed E-state index contributed by atoms with van der Waals surface area (Å²) in [5.74, 6) is 0.342. The molecule has 0 saturated heterocycles. The molecule has 0 aromatic rings. The van der Waals surface area contributed by atoms with E-state index >= 15 is 0 Å². The summed E-state index contributed by atoms with van der Waals surface area (Å²) in [6.07, 6.45) is 19.3. The summed E-state index contributed by atoms with van der Waals surface area (Å²) in [7, 11) is 0. The first-order valence-electron chi connectivity index (χ1n) is 9.33. The van der Waals surface area contributed by atoms with Crippen LogP contribution in [0.15, 0.2) is 12.2 Å². The van der Waals surface area contributed by atoms with Gasteiger partial charge in [-0.25, -0.2) is 0 Å². The quantitative estimate of drug-likeness (QED) is 0.221. The molecule has 0 radical (unpaired) electrons. The zero-order valence-electron chi connectivity index (χ0n) is 14.7. The molecule has 21 heavy (non-hydrogen) atoms. The molecule has 0 spiro atoms. The number of rotatable bonds is 16. The van der Waals surface area contributed by atoms with Gasteiger partial charge in [0.2, 0.25) is 0 Å². The van der Waals surface area contributed by atoms with Gasteiger partial charge in [0, 0.05) is 6.42 Å². The lowest BCUT2D eigenvalue weighted by Gasteiger charge is -2.04. The lowest BCUT2D eigenvalue weighted by molar-refractivity contribution is -0.117. The molecule has 0 bridgehead atoms. The van der Waals surface area contributed by atoms with E-state index in [0.29, 0.717) is 5.78 Å². The van der Waals surface area contributed by atoms with E-state index in [1.165, 1.54) is 82.6 Å². The van der Waals surface area contributed by atoms with E-state index in [2.05, 4.69) is 13.5 Å². The molecule has 0 aliphatic rings. The first kappa shape index (κ1) is 20.4. The van der Waals surface area contributed by atoms with Gasteiger partial charge in [0.05, 0.1) is 0 Å². The predicted octanol–water partition coefficient (Wildman–Crippen LogP) is 7.00. The smallest absolute Gasteiger partial charge is 0.129 e. The van der Waals surface area contributed by atoms with E-state index < -0.39 is 0 Å². The molecule has 0 aromatic carbocycles. The fraction of sp³-hybridized carbons (Fsp3) is 0.850. The molecule has 0 heterocycles. The second-order valence-electron chi connectivity index (χ2n) is 6.55. The van der Waals surface area contributed by atoms with Crippen molar-refractivity contribution in [1.29, 1.82) is 0 Å². The van der Waals surface area contributed by atoms with Gasteiger partial charge in [-0.2, -0.15) is 0 Å². The van der Waals surface area contributed by atoms with Crippen LogP contribution in [-0.2, 0) is 4.79 Å². The second-order valence-corrected chi connectivity index (χ2v) is 6.55. The van der Waals surface area contributed by atoms with Gasteiger partial charge >= 0.3 is 0 Å². The van der Waals surface area contributed by atoms with Crippen molar-refractivity contribution in [3.05, 3.63) is 12.2 Å². The summed E-state index contributed by atoms with van der Waals surface area (Å²) in [6, 6.07) is 0. The van der Waals surface area contributed by atoms with E-state index in [9.17, 15) is 4.79 Å². The van der Waals surface area contributed by atoms with Crippen molar-refractivity contribution in [2.75, 3.05) is 0 Å². The molecule has 0 aliphatic carbocycles. The molecule has 1 nitrogen and oxygen atoms in total. The Hall–Kier alpha value is -0.590. The van der Waals surface area contributed by atoms with Crippen LogP contribution in [0.5, 0.6) is 0 Å². The average Bonchev–Trinajstić information content (AvgIpc) is 2.46. The Morgan fingerprint density at radius 3 is 1.33 bits per heavy atom. The van der Waals surface area contributed by atoms with Crippen LogP contribution in [0.25, 0.3) is 0 Å². The molecular formula is C20H38O. The molecule has 0 unspecified atom stereocenters. The van der Waals surface area contributed by atoms with E-state index in [1.54, 1.807) is 6.92 Å². The van der Waals surface area contributed by atoms with Crippen molar-refractivity contribution in [3.8, 4) is 0 Å². The summed E-state index contributed by atoms with van der Waals surface area (Å²) in [5, 5.41) is 0. The number of unbranched alkanes of at least 4 members (excludes halogenated alkanes) is 11. The summed E-state index contributed by atoms with van der Waals surface area (Å²) >= 11 is 0. The molecule has 0 atom stereocenters. The Morgan fingerprint density at radius 1 is 0.667 bits per heavy atom. The van der Waals surface area contributed by atoms with Crippen molar-refractivity contribution in [2.24, 2.45) is 0 Å². The maximum absolute atomic E-state index is 10.8. The van der Waals surface area contributed by atoms with Gasteiger partial charge < -0.3 is 4.79 Å². The molecule has 0 fully saturated rings. The maximum atomic E-state index is 10.8. The monoisotopic (exact) mass is 294 g/mol. The van der Waals surface area contributed by atoms with Crippen LogP contribution in [0.2, 0.25) is 0 Å². The molecule has 0 amide bonds. The van der Waals surface area contributed by atoms with E-state index in [-0.39, 0.29) is 0 Å². The lowest BCUT2D eigenvalue weighted by Crippen LogP contribution is -1.89. The number of hydrogen-bond acceptors (Lipinski definition) is 1. The number of carbonyl (C=O) groups excluding carboxylic acids is 1. The minimum atomic E-state index is 0.342. The zero-order valence-corrected chi connectivity index (χ0v) is 14.7. The number of allylic oxidation sites excluding steroid dienone is 1. The van der Waals surface area contributed by atoms with Crippen LogP contribution >= 0.6 is 0 Å². The summed E-state index contributed by atoms with van der Waals surface area (Å²) < 4.78 is 0. The van der Waals surface area contributed by atoms with Gasteiger partial charge in [0.15, 0.2) is 0 Å². The zero-order chi connectivity index (χ0) is 15.8. The predicted molar refractivity (Wildman–Crippen MR) is 94.8 cm³/mol. The Balaban J connectivity index is 3.02. The standard InChI is InChI=1S/C20H38O/c1-4-19(2)17-15-13-11-9-7-5-6-8-10-12-14-16-18-20(3)21/h2,4-18H2,1,3H3. The van der Waals surface area contributed by atoms with E-state index in [0.717, 1.165) is 19.3 Å². The maximum Gasteiger partial charge on any atom is 0.129 e. The minimum Gasteiger partial charge on any atom is -0.300 e. The largest absolute Gasteiger partial charge is 0.300 e. The van der Waals surface area contributed by atoms with Crippen molar-refractivity contribution >= 4 is 5.78 Å². The van der Waals surface area contributed by atoms with E-state index in [1.807, 2.05) is 0 Å². The average molecular weight is 295 g/mol. The highest BCUT2D eigenvalue weighted by atomic mass is 16.1. The van der Waals surface area contributed by atoms with Gasteiger partial charge in [0.25, 0.3) is 0 Å². The molecule has 0 saturated carbocycles. The second kappa shape index (κ2) is 15.8. The highest BCUT2D eigenvalue weighted by Crippen LogP contribution is 2.14. The van der Waals surface area contributed by atoms with E-state index in [4.69, 9.17) is 0 Å². The van der Waals surface area contributed by atoms with Gasteiger partial charge in [-0.15, -0.1) is 0 Å². The van der Waals surface area contributed by atoms with Crippen LogP contribution in [0, 0.1) is 0 Å². The Kier molecular flexibility index (Phi) is 15.3. The third-order valence-electron chi connectivity index (χ3n) is 4.31. The van der Waals surface area contributed by atoms with Gasteiger partial charge in [-0.3, -0.25) is 0 Å². The lowest BCUT2D eigenvalue weighted by atomic mass is 10.0. The van der Waals surface area contributed by atoms with Crippen LogP contribution in [0.4, 0.5) is 0 Å². The molecule has 124 valence electrons. The van der Waals surface area contributed by atoms with Crippen molar-refractivity contribution in [1.82, 2.24) is 0 Å². The normalized spacial score (nSPS) is 10.8. The minimum absolute atomic E-state index is 0.342. The molecule has 0 aliphatic heterocycles. The number of ketones is 1. The van der Waals surface area contributed by atoms with Crippen LogP contribution in [-0.4, -0.2) is 5.78 Å². The van der Waals surface area contributed by atoms with Crippen LogP contribution < -0.4 is 0 Å². The van der Waals surface area contributed by atoms with Crippen molar-refractivity contribution in [3.63, 3.8) is 0 Å².